The molecule has 4 rings (SSSR count). The molecule has 0 spiro atoms. The van der Waals surface area contributed by atoms with Gasteiger partial charge in [-0.05, 0) is 25.8 Å². The van der Waals surface area contributed by atoms with Crippen molar-refractivity contribution in [3.05, 3.63) is 35.5 Å². The summed E-state index contributed by atoms with van der Waals surface area (Å²) < 4.78 is 27.2. The number of aromatic amines is 1. The summed E-state index contributed by atoms with van der Waals surface area (Å²) in [6.07, 6.45) is 5.49. The number of carbonyl (C=O) groups is 1. The second kappa shape index (κ2) is 7.55. The highest BCUT2D eigenvalue weighted by Crippen LogP contribution is 2.36. The zero-order chi connectivity index (χ0) is 20.6. The van der Waals surface area contributed by atoms with Crippen LogP contribution in [0.15, 0.2) is 24.7 Å². The van der Waals surface area contributed by atoms with E-state index in [1.165, 1.54) is 6.20 Å². The van der Waals surface area contributed by atoms with Gasteiger partial charge in [-0.25, -0.2) is 23.7 Å². The quantitative estimate of drug-likeness (QED) is 0.661. The highest BCUT2D eigenvalue weighted by Gasteiger charge is 2.44. The molecule has 10 heteroatoms. The van der Waals surface area contributed by atoms with Gasteiger partial charge in [-0.3, -0.25) is 4.79 Å². The second-order valence-corrected chi connectivity index (χ2v) is 7.53. The number of rotatable bonds is 5. The lowest BCUT2D eigenvalue weighted by molar-refractivity contribution is -0.125. The maximum atomic E-state index is 14.7. The van der Waals surface area contributed by atoms with E-state index >= 15 is 0 Å². The van der Waals surface area contributed by atoms with Crippen LogP contribution in [0, 0.1) is 5.82 Å². The van der Waals surface area contributed by atoms with E-state index in [2.05, 4.69) is 25.3 Å². The fourth-order valence-electron chi connectivity index (χ4n) is 3.73. The maximum absolute atomic E-state index is 14.7. The summed E-state index contributed by atoms with van der Waals surface area (Å²) in [5.41, 5.74) is 0.210. The van der Waals surface area contributed by atoms with Gasteiger partial charge in [-0.2, -0.15) is 0 Å². The molecule has 4 heterocycles. The van der Waals surface area contributed by atoms with Crippen molar-refractivity contribution in [3.8, 4) is 11.4 Å². The minimum Gasteiger partial charge on any atom is -0.351 e. The first-order chi connectivity index (χ1) is 13.9. The molecular weight excluding hydrogens is 402 g/mol. The number of fused-ring (bicyclic) bond motifs is 1. The number of hydrogen-bond donors (Lipinski definition) is 2. The van der Waals surface area contributed by atoms with Crippen LogP contribution in [-0.4, -0.2) is 51.1 Å². The number of amides is 1. The fraction of sp³-hybridized carbons (Fsp3) is 0.368. The van der Waals surface area contributed by atoms with Crippen LogP contribution in [-0.2, 0) is 4.79 Å². The Morgan fingerprint density at radius 3 is 3.03 bits per heavy atom. The lowest BCUT2D eigenvalue weighted by Gasteiger charge is -2.34. The van der Waals surface area contributed by atoms with Gasteiger partial charge in [-0.15, -0.1) is 0 Å². The molecule has 3 aromatic heterocycles. The van der Waals surface area contributed by atoms with Crippen molar-refractivity contribution in [2.45, 2.75) is 25.3 Å². The van der Waals surface area contributed by atoms with Crippen LogP contribution in [0.5, 0.6) is 0 Å². The van der Waals surface area contributed by atoms with Crippen LogP contribution in [0.3, 0.4) is 0 Å². The zero-order valence-electron chi connectivity index (χ0n) is 15.7. The van der Waals surface area contributed by atoms with Crippen LogP contribution >= 0.6 is 11.6 Å². The summed E-state index contributed by atoms with van der Waals surface area (Å²) in [7, 11) is 0. The van der Waals surface area contributed by atoms with E-state index in [1.54, 1.807) is 24.1 Å². The second-order valence-electron chi connectivity index (χ2n) is 7.09. The molecule has 0 aliphatic carbocycles. The van der Waals surface area contributed by atoms with Gasteiger partial charge in [0.05, 0.1) is 11.2 Å². The number of hydrogen-bond acceptors (Lipinski definition) is 5. The molecule has 1 fully saturated rings. The molecule has 2 N–H and O–H groups in total. The van der Waals surface area contributed by atoms with Crippen LogP contribution in [0.4, 0.5) is 14.6 Å². The van der Waals surface area contributed by atoms with Gasteiger partial charge in [0.2, 0.25) is 5.91 Å². The molecule has 1 atom stereocenters. The summed E-state index contributed by atoms with van der Waals surface area (Å²) in [5, 5.41) is 3.72. The minimum absolute atomic E-state index is 0.0368. The monoisotopic (exact) mass is 420 g/mol. The van der Waals surface area contributed by atoms with E-state index in [0.29, 0.717) is 41.0 Å². The molecule has 152 valence electrons. The van der Waals surface area contributed by atoms with E-state index in [1.807, 2.05) is 0 Å². The molecule has 0 aromatic carbocycles. The van der Waals surface area contributed by atoms with E-state index in [-0.39, 0.29) is 24.1 Å². The van der Waals surface area contributed by atoms with Crippen LogP contribution in [0.1, 0.15) is 19.8 Å². The van der Waals surface area contributed by atoms with Gasteiger partial charge in [-0.1, -0.05) is 11.6 Å². The van der Waals surface area contributed by atoms with Crippen molar-refractivity contribution >= 4 is 34.4 Å². The smallest absolute Gasteiger partial charge is 0.245 e. The third-order valence-corrected chi connectivity index (χ3v) is 5.44. The minimum atomic E-state index is -1.02. The summed E-state index contributed by atoms with van der Waals surface area (Å²) >= 11 is 6.05. The van der Waals surface area contributed by atoms with E-state index in [0.717, 1.165) is 6.20 Å². The van der Waals surface area contributed by atoms with Gasteiger partial charge < -0.3 is 15.2 Å². The van der Waals surface area contributed by atoms with Crippen molar-refractivity contribution in [1.82, 2.24) is 25.3 Å². The van der Waals surface area contributed by atoms with Gasteiger partial charge in [0.25, 0.3) is 0 Å². The Bertz CT molecular complexity index is 1070. The third-order valence-electron chi connectivity index (χ3n) is 5.23. The van der Waals surface area contributed by atoms with Gasteiger partial charge in [0.1, 0.15) is 17.9 Å². The summed E-state index contributed by atoms with van der Waals surface area (Å²) in [6, 6.07) is 1.73. The van der Waals surface area contributed by atoms with Crippen LogP contribution < -0.4 is 10.2 Å². The molecule has 0 saturated carbocycles. The first kappa shape index (κ1) is 19.5. The molecule has 7 nitrogen and oxygen atoms in total. The Labute approximate surface area is 170 Å². The van der Waals surface area contributed by atoms with Crippen molar-refractivity contribution in [3.63, 3.8) is 0 Å². The number of nitrogens with one attached hydrogen (secondary N) is 2. The third kappa shape index (κ3) is 3.39. The molecule has 1 aliphatic heterocycles. The Balaban J connectivity index is 1.75. The molecule has 1 saturated heterocycles. The van der Waals surface area contributed by atoms with E-state index < -0.39 is 18.0 Å². The standard InChI is InChI=1S/C19H19ClF2N6O/c1-19(18(29)23-5-4-21)3-2-6-28(19)17-14(22)10-26-16(27-17)13-9-25-15-12(13)7-11(20)8-24-15/h7-10H,2-6H2,1H3,(H,23,29)(H,24,25)/t19-/m1/s1. The van der Waals surface area contributed by atoms with E-state index in [9.17, 15) is 13.6 Å². The zero-order valence-corrected chi connectivity index (χ0v) is 16.4. The van der Waals surface area contributed by atoms with Gasteiger partial charge in [0, 0.05) is 36.4 Å². The van der Waals surface area contributed by atoms with Crippen molar-refractivity contribution < 1.29 is 13.6 Å². The largest absolute Gasteiger partial charge is 0.351 e. The first-order valence-corrected chi connectivity index (χ1v) is 9.59. The molecule has 0 unspecified atom stereocenters. The maximum Gasteiger partial charge on any atom is 0.245 e. The summed E-state index contributed by atoms with van der Waals surface area (Å²) in [4.78, 5) is 30.0. The highest BCUT2D eigenvalue weighted by atomic mass is 35.5. The molecule has 1 aliphatic rings. The van der Waals surface area contributed by atoms with Crippen LogP contribution in [0.25, 0.3) is 22.4 Å². The number of nitrogens with zero attached hydrogens (tertiary/aromatic N) is 4. The molecule has 29 heavy (non-hydrogen) atoms. The first-order valence-electron chi connectivity index (χ1n) is 9.21. The molecule has 1 amide bonds. The van der Waals surface area contributed by atoms with Crippen molar-refractivity contribution in [2.24, 2.45) is 0 Å². The Hall–Kier alpha value is -2.81. The Morgan fingerprint density at radius 2 is 2.24 bits per heavy atom. The normalized spacial score (nSPS) is 19.1. The number of alkyl halides is 1. The Kier molecular flexibility index (Phi) is 5.08. The van der Waals surface area contributed by atoms with E-state index in [4.69, 9.17) is 11.6 Å². The molecule has 0 bridgehead atoms. The SMILES string of the molecule is C[C@]1(C(=O)NCCF)CCCN1c1nc(-c2c[nH]c3ncc(Cl)cc23)ncc1F. The molecular formula is C19H19ClF2N6O. The fourth-order valence-corrected chi connectivity index (χ4v) is 3.89. The summed E-state index contributed by atoms with van der Waals surface area (Å²) in [5.74, 6) is -0.656. The highest BCUT2D eigenvalue weighted by molar-refractivity contribution is 6.31. The van der Waals surface area contributed by atoms with Crippen molar-refractivity contribution in [1.29, 1.82) is 0 Å². The van der Waals surface area contributed by atoms with Gasteiger partial charge >= 0.3 is 0 Å². The molecule has 0 radical (unpaired) electrons. The number of H-pyrrole nitrogens is 1. The number of aromatic nitrogens is 4. The average Bonchev–Trinajstić information content (AvgIpc) is 3.30. The number of carbonyl (C=O) groups excluding carboxylic acids is 1. The summed E-state index contributed by atoms with van der Waals surface area (Å²) in [6.45, 7) is 1.42. The Morgan fingerprint density at radius 1 is 1.41 bits per heavy atom. The number of anilines is 1. The predicted octanol–water partition coefficient (Wildman–Crippen LogP) is 3.26. The lowest BCUT2D eigenvalue weighted by atomic mass is 9.97. The lowest BCUT2D eigenvalue weighted by Crippen LogP contribution is -2.54. The number of halogens is 3. The predicted molar refractivity (Wildman–Crippen MR) is 106 cm³/mol. The topological polar surface area (TPSA) is 86.8 Å². The average molecular weight is 421 g/mol. The number of pyridine rings is 1. The van der Waals surface area contributed by atoms with Crippen molar-refractivity contribution in [2.75, 3.05) is 24.7 Å². The molecule has 3 aromatic rings. The van der Waals surface area contributed by atoms with Gasteiger partial charge in [0.15, 0.2) is 17.5 Å². The van der Waals surface area contributed by atoms with Crippen LogP contribution in [0.2, 0.25) is 5.02 Å².